The summed E-state index contributed by atoms with van der Waals surface area (Å²) in [6, 6.07) is 2.74. The number of ketones is 1. The number of rotatable bonds is 6. The quantitative estimate of drug-likeness (QED) is 0.540. The van der Waals surface area contributed by atoms with E-state index in [9.17, 15) is 22.4 Å². The standard InChI is InChI=1S/C18H15ClF4N4O3/c1-17(18(22,23)7-29-16(24)27-17)15-12(21)3-2-9(26-15)4-13(28)14-11(19)5-10(6-25-14)30-8-20/h2-3,5-6H,4,7-8H2,1H3,(H2,24,27)/t17-/m1/s1. The van der Waals surface area contributed by atoms with Gasteiger partial charge in [0, 0.05) is 11.8 Å². The van der Waals surface area contributed by atoms with Gasteiger partial charge in [0.25, 0.3) is 6.02 Å². The fourth-order valence-electron chi connectivity index (χ4n) is 2.80. The van der Waals surface area contributed by atoms with Crippen LogP contribution in [-0.2, 0) is 16.7 Å². The minimum Gasteiger partial charge on any atom is -0.461 e. The maximum Gasteiger partial charge on any atom is 0.311 e. The molecule has 30 heavy (non-hydrogen) atoms. The van der Waals surface area contributed by atoms with Crippen LogP contribution in [0.15, 0.2) is 29.4 Å². The number of nitrogens with zero attached hydrogens (tertiary/aromatic N) is 3. The van der Waals surface area contributed by atoms with E-state index in [0.717, 1.165) is 19.2 Å². The first kappa shape index (κ1) is 21.8. The normalized spacial score (nSPS) is 20.3. The number of carbonyl (C=O) groups excluding carboxylic acids is 1. The van der Waals surface area contributed by atoms with Gasteiger partial charge in [-0.15, -0.1) is 0 Å². The summed E-state index contributed by atoms with van der Waals surface area (Å²) < 4.78 is 64.7. The van der Waals surface area contributed by atoms with Crippen molar-refractivity contribution < 1.29 is 31.8 Å². The van der Waals surface area contributed by atoms with Gasteiger partial charge in [0.15, 0.2) is 17.9 Å². The van der Waals surface area contributed by atoms with Crippen molar-refractivity contribution in [2.75, 3.05) is 13.5 Å². The smallest absolute Gasteiger partial charge is 0.311 e. The number of aliphatic imine (C=N–C) groups is 1. The van der Waals surface area contributed by atoms with Crippen LogP contribution in [0.1, 0.15) is 28.8 Å². The van der Waals surface area contributed by atoms with Gasteiger partial charge < -0.3 is 15.2 Å². The number of Topliss-reactive ketones (excluding diaryl/α,β-unsaturated/α-hetero) is 1. The zero-order chi connectivity index (χ0) is 22.1. The molecule has 0 bridgehead atoms. The van der Waals surface area contributed by atoms with Gasteiger partial charge in [0.2, 0.25) is 6.86 Å². The van der Waals surface area contributed by atoms with Crippen LogP contribution in [0, 0.1) is 5.82 Å². The van der Waals surface area contributed by atoms with Gasteiger partial charge in [-0.1, -0.05) is 11.6 Å². The van der Waals surface area contributed by atoms with Crippen LogP contribution in [-0.4, -0.2) is 41.2 Å². The number of carbonyl (C=O) groups is 1. The van der Waals surface area contributed by atoms with Crippen LogP contribution in [0.3, 0.4) is 0 Å². The van der Waals surface area contributed by atoms with Gasteiger partial charge in [-0.2, -0.15) is 8.78 Å². The lowest BCUT2D eigenvalue weighted by Gasteiger charge is -2.36. The number of alkyl halides is 3. The summed E-state index contributed by atoms with van der Waals surface area (Å²) in [5.74, 6) is -5.26. The van der Waals surface area contributed by atoms with Crippen molar-refractivity contribution in [3.05, 3.63) is 52.3 Å². The van der Waals surface area contributed by atoms with Gasteiger partial charge in [-0.25, -0.2) is 18.8 Å². The molecule has 12 heteroatoms. The van der Waals surface area contributed by atoms with Crippen LogP contribution < -0.4 is 10.5 Å². The van der Waals surface area contributed by atoms with Crippen molar-refractivity contribution in [1.82, 2.24) is 9.97 Å². The van der Waals surface area contributed by atoms with E-state index in [4.69, 9.17) is 17.3 Å². The Kier molecular flexibility index (Phi) is 5.84. The molecule has 3 rings (SSSR count). The topological polar surface area (TPSA) is 99.7 Å². The molecule has 0 spiro atoms. The molecule has 1 atom stereocenters. The molecule has 160 valence electrons. The van der Waals surface area contributed by atoms with E-state index in [0.29, 0.717) is 0 Å². The molecule has 3 heterocycles. The zero-order valence-electron chi connectivity index (χ0n) is 15.5. The van der Waals surface area contributed by atoms with Gasteiger partial charge in [-0.05, 0) is 19.1 Å². The lowest BCUT2D eigenvalue weighted by molar-refractivity contribution is -0.118. The van der Waals surface area contributed by atoms with Crippen molar-refractivity contribution >= 4 is 23.4 Å². The summed E-state index contributed by atoms with van der Waals surface area (Å²) in [5, 5.41) is -0.103. The molecule has 0 fully saturated rings. The van der Waals surface area contributed by atoms with Crippen LogP contribution in [0.25, 0.3) is 0 Å². The molecule has 1 aliphatic rings. The third-order valence-corrected chi connectivity index (χ3v) is 4.74. The number of halogens is 5. The highest BCUT2D eigenvalue weighted by Crippen LogP contribution is 2.43. The van der Waals surface area contributed by atoms with E-state index in [1.165, 1.54) is 12.1 Å². The van der Waals surface area contributed by atoms with E-state index < -0.39 is 54.7 Å². The molecule has 1 aliphatic heterocycles. The van der Waals surface area contributed by atoms with Gasteiger partial charge in [0.05, 0.1) is 17.6 Å². The SMILES string of the molecule is C[C@]1(c2nc(CC(=O)c3ncc(OCF)cc3Cl)ccc2F)N=C(N)OCC1(F)F. The van der Waals surface area contributed by atoms with Gasteiger partial charge in [-0.3, -0.25) is 9.78 Å². The largest absolute Gasteiger partial charge is 0.461 e. The molecule has 7 nitrogen and oxygen atoms in total. The Balaban J connectivity index is 1.93. The van der Waals surface area contributed by atoms with Crippen LogP contribution in [0.5, 0.6) is 5.75 Å². The first-order chi connectivity index (χ1) is 14.1. The number of ether oxygens (including phenoxy) is 2. The molecule has 0 unspecified atom stereocenters. The second kappa shape index (κ2) is 8.05. The van der Waals surface area contributed by atoms with Crippen molar-refractivity contribution in [2.24, 2.45) is 10.7 Å². The van der Waals surface area contributed by atoms with Crippen molar-refractivity contribution in [3.8, 4) is 5.75 Å². The molecule has 0 radical (unpaired) electrons. The monoisotopic (exact) mass is 446 g/mol. The number of nitrogens with two attached hydrogens (primary N) is 1. The minimum absolute atomic E-state index is 0.0179. The average molecular weight is 447 g/mol. The molecule has 2 aromatic heterocycles. The predicted octanol–water partition coefficient (Wildman–Crippen LogP) is 3.20. The molecule has 0 saturated heterocycles. The van der Waals surface area contributed by atoms with E-state index in [1.807, 2.05) is 0 Å². The molecule has 2 aromatic rings. The van der Waals surface area contributed by atoms with Gasteiger partial charge in [0.1, 0.15) is 23.0 Å². The average Bonchev–Trinajstić information content (AvgIpc) is 2.67. The third-order valence-electron chi connectivity index (χ3n) is 4.46. The van der Waals surface area contributed by atoms with Crippen LogP contribution in [0.2, 0.25) is 5.02 Å². The van der Waals surface area contributed by atoms with E-state index in [2.05, 4.69) is 24.4 Å². The summed E-state index contributed by atoms with van der Waals surface area (Å²) in [5.41, 5.74) is 2.10. The predicted molar refractivity (Wildman–Crippen MR) is 98.0 cm³/mol. The van der Waals surface area contributed by atoms with Crippen molar-refractivity contribution in [2.45, 2.75) is 24.8 Å². The summed E-state index contributed by atoms with van der Waals surface area (Å²) in [6.45, 7) is -1.23. The molecule has 0 aliphatic carbocycles. The second-order valence-electron chi connectivity index (χ2n) is 6.50. The summed E-state index contributed by atoms with van der Waals surface area (Å²) in [6.07, 6.45) is 0.685. The molecular weight excluding hydrogens is 432 g/mol. The van der Waals surface area contributed by atoms with Crippen molar-refractivity contribution in [3.63, 3.8) is 0 Å². The van der Waals surface area contributed by atoms with Crippen molar-refractivity contribution in [1.29, 1.82) is 0 Å². The fraction of sp³-hybridized carbons (Fsp3) is 0.333. The first-order valence-electron chi connectivity index (χ1n) is 8.47. The lowest BCUT2D eigenvalue weighted by Crippen LogP contribution is -2.51. The molecule has 0 aromatic carbocycles. The lowest BCUT2D eigenvalue weighted by atomic mass is 9.88. The molecule has 2 N–H and O–H groups in total. The van der Waals surface area contributed by atoms with E-state index in [1.54, 1.807) is 0 Å². The van der Waals surface area contributed by atoms with E-state index in [-0.39, 0.29) is 22.2 Å². The molecule has 0 saturated carbocycles. The maximum atomic E-state index is 14.5. The Morgan fingerprint density at radius 1 is 1.40 bits per heavy atom. The first-order valence-corrected chi connectivity index (χ1v) is 8.84. The number of hydrogen-bond donors (Lipinski definition) is 1. The maximum absolute atomic E-state index is 14.5. The molecular formula is C18H15ClF4N4O3. The number of amidine groups is 1. The number of pyridine rings is 2. The minimum atomic E-state index is -3.61. The van der Waals surface area contributed by atoms with E-state index >= 15 is 0 Å². The summed E-state index contributed by atoms with van der Waals surface area (Å²) >= 11 is 5.97. The Bertz CT molecular complexity index is 1020. The third kappa shape index (κ3) is 4.02. The Hall–Kier alpha value is -2.95. The van der Waals surface area contributed by atoms with Gasteiger partial charge >= 0.3 is 5.92 Å². The zero-order valence-corrected chi connectivity index (χ0v) is 16.2. The Labute approximate surface area is 172 Å². The Morgan fingerprint density at radius 3 is 2.80 bits per heavy atom. The van der Waals surface area contributed by atoms with Crippen LogP contribution in [0.4, 0.5) is 17.6 Å². The summed E-state index contributed by atoms with van der Waals surface area (Å²) in [4.78, 5) is 23.8. The molecule has 0 amide bonds. The summed E-state index contributed by atoms with van der Waals surface area (Å²) in [7, 11) is 0. The number of hydrogen-bond acceptors (Lipinski definition) is 7. The second-order valence-corrected chi connectivity index (χ2v) is 6.91. The number of aromatic nitrogens is 2. The fourth-order valence-corrected chi connectivity index (χ4v) is 3.07. The highest BCUT2D eigenvalue weighted by molar-refractivity contribution is 6.33. The highest BCUT2D eigenvalue weighted by atomic mass is 35.5. The Morgan fingerprint density at radius 2 is 2.13 bits per heavy atom. The highest BCUT2D eigenvalue weighted by Gasteiger charge is 2.57. The van der Waals surface area contributed by atoms with Crippen LogP contribution >= 0.6 is 11.6 Å².